The van der Waals surface area contributed by atoms with E-state index in [1.54, 1.807) is 30.3 Å². The quantitative estimate of drug-likeness (QED) is 0.274. The van der Waals surface area contributed by atoms with E-state index in [4.69, 9.17) is 15.7 Å². The Hall–Kier alpha value is -3.53. The molecule has 2 heterocycles. The third-order valence-corrected chi connectivity index (χ3v) is 14.0. The van der Waals surface area contributed by atoms with Crippen LogP contribution in [-0.4, -0.2) is 35.0 Å². The van der Waals surface area contributed by atoms with Gasteiger partial charge in [-0.05, 0) is 52.8 Å². The molecule has 0 spiro atoms. The largest absolute Gasteiger partial charge is 0.313 e. The molecule has 4 aromatic rings. The molecule has 3 unspecified atom stereocenters. The fraction of sp³-hybridized carbons (Fsp3) is 0.0968. The average molecular weight is 541 g/mol. The lowest BCUT2D eigenvalue weighted by Crippen LogP contribution is -2.46. The van der Waals surface area contributed by atoms with Crippen LogP contribution in [0.4, 0.5) is 11.4 Å². The smallest absolute Gasteiger partial charge is 0.186 e. The summed E-state index contributed by atoms with van der Waals surface area (Å²) in [6.07, 6.45) is 5.38. The monoisotopic (exact) mass is 541 g/mol. The molecule has 39 heavy (non-hydrogen) atoms. The Balaban J connectivity index is 1.50. The van der Waals surface area contributed by atoms with Crippen molar-refractivity contribution in [3.63, 3.8) is 0 Å². The van der Waals surface area contributed by atoms with E-state index in [-0.39, 0.29) is 4.90 Å². The fourth-order valence-corrected chi connectivity index (χ4v) is 12.8. The first-order valence-electron chi connectivity index (χ1n) is 12.7. The maximum absolute atomic E-state index is 15.3. The Labute approximate surface area is 231 Å². The lowest BCUT2D eigenvalue weighted by molar-refractivity contribution is 0.567. The van der Waals surface area contributed by atoms with E-state index in [0.29, 0.717) is 10.6 Å². The number of allylic oxidation sites excluding steroid dienone is 2. The Bertz CT molecular complexity index is 1820. The predicted molar refractivity (Wildman–Crippen MR) is 159 cm³/mol. The first kappa shape index (κ1) is 24.5. The maximum Gasteiger partial charge on any atom is 0.186 e. The predicted octanol–water partition coefficient (Wildman–Crippen LogP) is 4.67. The van der Waals surface area contributed by atoms with Gasteiger partial charge in [-0.15, -0.1) is 0 Å². The zero-order valence-corrected chi connectivity index (χ0v) is 22.6. The van der Waals surface area contributed by atoms with E-state index in [1.165, 1.54) is 0 Å². The molecule has 4 aromatic carbocycles. The van der Waals surface area contributed by atoms with Crippen molar-refractivity contribution in [2.75, 3.05) is 4.90 Å². The Morgan fingerprint density at radius 3 is 1.97 bits per heavy atom. The van der Waals surface area contributed by atoms with Gasteiger partial charge in [0.2, 0.25) is 0 Å². The van der Waals surface area contributed by atoms with Crippen molar-refractivity contribution in [1.29, 1.82) is 0 Å². The summed E-state index contributed by atoms with van der Waals surface area (Å²) < 4.78 is 43.1. The molecule has 0 N–H and O–H groups in total. The topological polar surface area (TPSA) is 54.5 Å². The van der Waals surface area contributed by atoms with E-state index in [9.17, 15) is 8.42 Å². The molecule has 0 saturated carbocycles. The number of para-hydroxylation sites is 2. The van der Waals surface area contributed by atoms with Gasteiger partial charge in [0.25, 0.3) is 0 Å². The van der Waals surface area contributed by atoms with Crippen LogP contribution in [0.1, 0.15) is 11.1 Å². The highest BCUT2D eigenvalue weighted by Crippen LogP contribution is 2.59. The molecule has 0 saturated heterocycles. The second kappa shape index (κ2) is 8.48. The molecule has 0 fully saturated rings. The minimum Gasteiger partial charge on any atom is -0.313 e. The highest BCUT2D eigenvalue weighted by molar-refractivity contribution is 7.96. The first-order chi connectivity index (χ1) is 18.8. The number of hydrogen-bond donors (Lipinski definition) is 0. The SMILES string of the molecule is [B]C1([B])c2ccccc2N(C2=CC3C(C=C2)S(=O)(=O)c2ccccc2P3(=O)c2ccccc2)c2ccccc21. The second-order valence-corrected chi connectivity index (χ2v) is 15.1. The van der Waals surface area contributed by atoms with Crippen LogP contribution < -0.4 is 15.5 Å². The van der Waals surface area contributed by atoms with Gasteiger partial charge in [0.1, 0.15) is 0 Å². The number of hydrogen-bond acceptors (Lipinski definition) is 4. The van der Waals surface area contributed by atoms with Gasteiger partial charge in [-0.3, -0.25) is 0 Å². The number of nitrogens with zero attached hydrogens (tertiary/aromatic N) is 1. The summed E-state index contributed by atoms with van der Waals surface area (Å²) in [5.41, 5.74) is 3.01. The van der Waals surface area contributed by atoms with Crippen LogP contribution in [0, 0.1) is 0 Å². The molecule has 7 rings (SSSR count). The van der Waals surface area contributed by atoms with Crippen molar-refractivity contribution in [2.24, 2.45) is 0 Å². The van der Waals surface area contributed by atoms with Gasteiger partial charge in [-0.2, -0.15) is 0 Å². The minimum atomic E-state index is -3.78. The van der Waals surface area contributed by atoms with Crippen molar-refractivity contribution < 1.29 is 13.0 Å². The zero-order valence-electron chi connectivity index (χ0n) is 20.9. The van der Waals surface area contributed by atoms with Gasteiger partial charge in [0.05, 0.1) is 31.5 Å². The fourth-order valence-electron chi connectivity index (χ4n) is 6.21. The molecule has 0 bridgehead atoms. The van der Waals surface area contributed by atoms with E-state index in [2.05, 4.69) is 0 Å². The van der Waals surface area contributed by atoms with Crippen LogP contribution in [-0.2, 0) is 19.6 Å². The maximum atomic E-state index is 15.3. The molecule has 0 amide bonds. The van der Waals surface area contributed by atoms with Gasteiger partial charge < -0.3 is 9.46 Å². The first-order valence-corrected chi connectivity index (χ1v) is 16.0. The second-order valence-electron chi connectivity index (χ2n) is 10.2. The molecular formula is C31H22B2NO3PS. The molecular weight excluding hydrogens is 519 g/mol. The van der Waals surface area contributed by atoms with E-state index in [1.807, 2.05) is 95.9 Å². The molecule has 8 heteroatoms. The van der Waals surface area contributed by atoms with Crippen LogP contribution in [0.2, 0.25) is 0 Å². The van der Waals surface area contributed by atoms with Crippen molar-refractivity contribution in [1.82, 2.24) is 0 Å². The highest BCUT2D eigenvalue weighted by atomic mass is 32.2. The lowest BCUT2D eigenvalue weighted by Gasteiger charge is -2.45. The molecule has 186 valence electrons. The molecule has 3 atom stereocenters. The summed E-state index contributed by atoms with van der Waals surface area (Å²) in [4.78, 5) is 2.18. The summed E-state index contributed by atoms with van der Waals surface area (Å²) in [5, 5.41) is -1.15. The van der Waals surface area contributed by atoms with Crippen LogP contribution in [0.3, 0.4) is 0 Å². The van der Waals surface area contributed by atoms with Crippen molar-refractivity contribution in [2.45, 2.75) is 21.0 Å². The molecule has 3 aliphatic rings. The molecule has 2 aliphatic heterocycles. The summed E-state index contributed by atoms with van der Waals surface area (Å²) in [6, 6.07) is 31.3. The Morgan fingerprint density at radius 1 is 0.744 bits per heavy atom. The molecule has 1 aliphatic carbocycles. The van der Waals surface area contributed by atoms with Gasteiger partial charge in [0, 0.05) is 27.7 Å². The van der Waals surface area contributed by atoms with Crippen LogP contribution >= 0.6 is 7.14 Å². The standard InChI is InChI=1S/C31H22B2NO3PS/c32-31(33)23-12-4-6-14-25(23)34(26-15-7-5-13-24(26)31)21-18-19-30-28(20-21)38(35,22-10-2-1-3-11-22)27-16-8-9-17-29(27)39(30,36)37/h1-20,28,30H. The summed E-state index contributed by atoms with van der Waals surface area (Å²) in [7, 11) is 6.18. The number of fused-ring (bicyclic) bond motifs is 4. The van der Waals surface area contributed by atoms with Gasteiger partial charge in [-0.1, -0.05) is 84.9 Å². The van der Waals surface area contributed by atoms with Gasteiger partial charge >= 0.3 is 0 Å². The summed E-state index contributed by atoms with van der Waals surface area (Å²) in [6.45, 7) is 0. The lowest BCUT2D eigenvalue weighted by atomic mass is 9.46. The van der Waals surface area contributed by atoms with Crippen LogP contribution in [0.15, 0.2) is 132 Å². The molecule has 4 radical (unpaired) electrons. The summed E-state index contributed by atoms with van der Waals surface area (Å²) in [5.74, 6) is 0. The molecule has 4 nitrogen and oxygen atoms in total. The number of benzene rings is 4. The van der Waals surface area contributed by atoms with Gasteiger partial charge in [0.15, 0.2) is 17.0 Å². The Kier molecular flexibility index (Phi) is 5.33. The average Bonchev–Trinajstić information content (AvgIpc) is 2.97. The van der Waals surface area contributed by atoms with E-state index >= 15 is 4.57 Å². The van der Waals surface area contributed by atoms with Crippen molar-refractivity contribution in [3.8, 4) is 0 Å². The Morgan fingerprint density at radius 2 is 1.31 bits per heavy atom. The number of anilines is 2. The van der Waals surface area contributed by atoms with E-state index < -0.39 is 33.1 Å². The third kappa shape index (κ3) is 3.33. The number of rotatable bonds is 2. The minimum absolute atomic E-state index is 0.143. The van der Waals surface area contributed by atoms with Gasteiger partial charge in [-0.25, -0.2) is 8.42 Å². The highest BCUT2D eigenvalue weighted by Gasteiger charge is 2.53. The van der Waals surface area contributed by atoms with E-state index in [0.717, 1.165) is 28.2 Å². The van der Waals surface area contributed by atoms with Crippen molar-refractivity contribution in [3.05, 3.63) is 138 Å². The molecule has 0 aromatic heterocycles. The zero-order chi connectivity index (χ0) is 27.0. The van der Waals surface area contributed by atoms with Crippen molar-refractivity contribution >= 4 is 54.7 Å². The summed E-state index contributed by atoms with van der Waals surface area (Å²) >= 11 is 0. The third-order valence-electron chi connectivity index (χ3n) is 8.02. The van der Waals surface area contributed by atoms with Crippen LogP contribution in [0.25, 0.3) is 0 Å². The van der Waals surface area contributed by atoms with Crippen LogP contribution in [0.5, 0.6) is 0 Å². The number of sulfone groups is 1. The normalized spacial score (nSPS) is 25.4.